The fourth-order valence-corrected chi connectivity index (χ4v) is 1.94. The molecule has 1 aromatic carbocycles. The molecule has 2 heterocycles. The average molecular weight is 259 g/mol. The smallest absolute Gasteiger partial charge is 0.279 e. The lowest BCUT2D eigenvalue weighted by Gasteiger charge is -1.98. The molecule has 7 nitrogen and oxygen atoms in total. The molecule has 2 aromatic heterocycles. The minimum Gasteiger partial charge on any atom is -0.394 e. The molecule has 0 aliphatic carbocycles. The number of hydrogen-bond donors (Lipinski definition) is 2. The Balaban J connectivity index is 2.12. The monoisotopic (exact) mass is 259 g/mol. The Labute approximate surface area is 108 Å². The molecule has 3 rings (SSSR count). The van der Waals surface area contributed by atoms with Gasteiger partial charge < -0.3 is 15.4 Å². The van der Waals surface area contributed by atoms with E-state index in [0.29, 0.717) is 11.6 Å². The van der Waals surface area contributed by atoms with E-state index in [2.05, 4.69) is 15.2 Å². The number of nitrogens with two attached hydrogens (primary N) is 1. The van der Waals surface area contributed by atoms with Gasteiger partial charge in [0.05, 0.1) is 18.2 Å². The second kappa shape index (κ2) is 4.45. The molecule has 0 radical (unpaired) electrons. The van der Waals surface area contributed by atoms with Crippen LogP contribution >= 0.6 is 0 Å². The SMILES string of the molecule is Cn1nc(-c2nc(C(N)CO)no2)c2ccccc21. The third kappa shape index (κ3) is 1.88. The second-order valence-corrected chi connectivity index (χ2v) is 4.24. The molecule has 0 saturated carbocycles. The van der Waals surface area contributed by atoms with Crippen molar-refractivity contribution >= 4 is 10.9 Å². The van der Waals surface area contributed by atoms with Gasteiger partial charge in [-0.15, -0.1) is 0 Å². The third-order valence-corrected chi connectivity index (χ3v) is 2.93. The number of aryl methyl sites for hydroxylation is 1. The molecule has 0 spiro atoms. The highest BCUT2D eigenvalue weighted by atomic mass is 16.5. The summed E-state index contributed by atoms with van der Waals surface area (Å²) in [5, 5.41) is 18.0. The highest BCUT2D eigenvalue weighted by Crippen LogP contribution is 2.26. The van der Waals surface area contributed by atoms with Gasteiger partial charge in [-0.25, -0.2) is 0 Å². The van der Waals surface area contributed by atoms with Crippen LogP contribution in [-0.2, 0) is 7.05 Å². The number of para-hydroxylation sites is 1. The second-order valence-electron chi connectivity index (χ2n) is 4.24. The Bertz CT molecular complexity index is 718. The molecule has 0 aliphatic rings. The molecule has 0 fully saturated rings. The first-order chi connectivity index (χ1) is 9.20. The van der Waals surface area contributed by atoms with Crippen molar-refractivity contribution in [3.63, 3.8) is 0 Å². The summed E-state index contributed by atoms with van der Waals surface area (Å²) in [5.74, 6) is 0.572. The Morgan fingerprint density at radius 1 is 1.42 bits per heavy atom. The summed E-state index contributed by atoms with van der Waals surface area (Å²) in [6.45, 7) is -0.234. The molecule has 0 aliphatic heterocycles. The molecule has 0 bridgehead atoms. The van der Waals surface area contributed by atoms with Crippen molar-refractivity contribution in [3.05, 3.63) is 30.1 Å². The van der Waals surface area contributed by atoms with Crippen LogP contribution in [0, 0.1) is 0 Å². The van der Waals surface area contributed by atoms with Gasteiger partial charge in [-0.1, -0.05) is 23.4 Å². The minimum atomic E-state index is -0.646. The van der Waals surface area contributed by atoms with Crippen molar-refractivity contribution in [2.24, 2.45) is 12.8 Å². The van der Waals surface area contributed by atoms with Gasteiger partial charge in [0, 0.05) is 12.4 Å². The molecule has 0 amide bonds. The van der Waals surface area contributed by atoms with Gasteiger partial charge in [0.15, 0.2) is 11.5 Å². The van der Waals surface area contributed by atoms with Crippen LogP contribution < -0.4 is 5.73 Å². The number of nitrogens with zero attached hydrogens (tertiary/aromatic N) is 4. The number of benzene rings is 1. The van der Waals surface area contributed by atoms with Crippen LogP contribution in [-0.4, -0.2) is 31.6 Å². The molecule has 0 saturated heterocycles. The number of hydrogen-bond acceptors (Lipinski definition) is 6. The lowest BCUT2D eigenvalue weighted by atomic mass is 10.2. The number of fused-ring (bicyclic) bond motifs is 1. The lowest BCUT2D eigenvalue weighted by Crippen LogP contribution is -2.15. The van der Waals surface area contributed by atoms with Crippen molar-refractivity contribution < 1.29 is 9.63 Å². The fourth-order valence-electron chi connectivity index (χ4n) is 1.94. The number of aliphatic hydroxyl groups excluding tert-OH is 1. The third-order valence-electron chi connectivity index (χ3n) is 2.93. The molecular formula is C12H13N5O2. The maximum atomic E-state index is 8.98. The first-order valence-electron chi connectivity index (χ1n) is 5.83. The Morgan fingerprint density at radius 2 is 2.21 bits per heavy atom. The topological polar surface area (TPSA) is 103 Å². The summed E-state index contributed by atoms with van der Waals surface area (Å²) >= 11 is 0. The van der Waals surface area contributed by atoms with Crippen LogP contribution in [0.3, 0.4) is 0 Å². The Hall–Kier alpha value is -2.25. The quantitative estimate of drug-likeness (QED) is 0.714. The minimum absolute atomic E-state index is 0.234. The molecule has 1 unspecified atom stereocenters. The van der Waals surface area contributed by atoms with Gasteiger partial charge in [-0.3, -0.25) is 4.68 Å². The van der Waals surface area contributed by atoms with Crippen LogP contribution in [0.1, 0.15) is 11.9 Å². The standard InChI is InChI=1S/C12H13N5O2/c1-17-9-5-3-2-4-7(9)10(15-17)12-14-11(16-19-12)8(13)6-18/h2-5,8,18H,6,13H2,1H3. The Kier molecular flexibility index (Phi) is 2.77. The lowest BCUT2D eigenvalue weighted by molar-refractivity contribution is 0.260. The first-order valence-corrected chi connectivity index (χ1v) is 5.83. The maximum Gasteiger partial charge on any atom is 0.279 e. The van der Waals surface area contributed by atoms with E-state index in [0.717, 1.165) is 10.9 Å². The van der Waals surface area contributed by atoms with Crippen LogP contribution in [0.15, 0.2) is 28.8 Å². The number of aromatic nitrogens is 4. The van der Waals surface area contributed by atoms with Crippen LogP contribution in [0.25, 0.3) is 22.5 Å². The zero-order valence-corrected chi connectivity index (χ0v) is 10.3. The van der Waals surface area contributed by atoms with Gasteiger partial charge >= 0.3 is 0 Å². The average Bonchev–Trinajstić information content (AvgIpc) is 3.04. The predicted molar refractivity (Wildman–Crippen MR) is 68.0 cm³/mol. The molecule has 3 aromatic rings. The van der Waals surface area contributed by atoms with Crippen molar-refractivity contribution in [1.82, 2.24) is 19.9 Å². The summed E-state index contributed by atoms with van der Waals surface area (Å²) in [7, 11) is 1.85. The molecule has 98 valence electrons. The van der Waals surface area contributed by atoms with Crippen LogP contribution in [0.4, 0.5) is 0 Å². The number of rotatable bonds is 3. The maximum absolute atomic E-state index is 8.98. The van der Waals surface area contributed by atoms with E-state index in [4.69, 9.17) is 15.4 Å². The van der Waals surface area contributed by atoms with Crippen molar-refractivity contribution in [1.29, 1.82) is 0 Å². The van der Waals surface area contributed by atoms with E-state index >= 15 is 0 Å². The summed E-state index contributed by atoms with van der Waals surface area (Å²) < 4.78 is 6.92. The van der Waals surface area contributed by atoms with Crippen molar-refractivity contribution in [2.45, 2.75) is 6.04 Å². The van der Waals surface area contributed by atoms with E-state index in [1.54, 1.807) is 4.68 Å². The highest BCUT2D eigenvalue weighted by Gasteiger charge is 2.19. The van der Waals surface area contributed by atoms with Crippen LogP contribution in [0.5, 0.6) is 0 Å². The van der Waals surface area contributed by atoms with Crippen LogP contribution in [0.2, 0.25) is 0 Å². The van der Waals surface area contributed by atoms with Crippen molar-refractivity contribution in [2.75, 3.05) is 6.61 Å². The van der Waals surface area contributed by atoms with Crippen molar-refractivity contribution in [3.8, 4) is 11.6 Å². The largest absolute Gasteiger partial charge is 0.394 e. The van der Waals surface area contributed by atoms with Gasteiger partial charge in [0.25, 0.3) is 5.89 Å². The molecule has 1 atom stereocenters. The molecule has 19 heavy (non-hydrogen) atoms. The first kappa shape index (κ1) is 11.8. The van der Waals surface area contributed by atoms with E-state index in [9.17, 15) is 0 Å². The fraction of sp³-hybridized carbons (Fsp3) is 0.250. The van der Waals surface area contributed by atoms with E-state index in [-0.39, 0.29) is 12.4 Å². The van der Waals surface area contributed by atoms with E-state index in [1.165, 1.54) is 0 Å². The molecular weight excluding hydrogens is 246 g/mol. The van der Waals surface area contributed by atoms with Gasteiger partial charge in [0.1, 0.15) is 0 Å². The summed E-state index contributed by atoms with van der Waals surface area (Å²) in [6, 6.07) is 7.11. The zero-order valence-electron chi connectivity index (χ0n) is 10.3. The molecule has 3 N–H and O–H groups in total. The van der Waals surface area contributed by atoms with E-state index in [1.807, 2.05) is 31.3 Å². The molecule has 7 heteroatoms. The zero-order chi connectivity index (χ0) is 13.4. The summed E-state index contributed by atoms with van der Waals surface area (Å²) in [5.41, 5.74) is 7.23. The normalized spacial score (nSPS) is 13.0. The summed E-state index contributed by atoms with van der Waals surface area (Å²) in [6.07, 6.45) is 0. The number of aliphatic hydroxyl groups is 1. The predicted octanol–water partition coefficient (Wildman–Crippen LogP) is 0.615. The van der Waals surface area contributed by atoms with Gasteiger partial charge in [0.2, 0.25) is 0 Å². The highest BCUT2D eigenvalue weighted by molar-refractivity contribution is 5.91. The summed E-state index contributed by atoms with van der Waals surface area (Å²) in [4.78, 5) is 4.18. The Morgan fingerprint density at radius 3 is 3.00 bits per heavy atom. The van der Waals surface area contributed by atoms with E-state index < -0.39 is 6.04 Å². The van der Waals surface area contributed by atoms with Gasteiger partial charge in [-0.2, -0.15) is 10.1 Å². The van der Waals surface area contributed by atoms with Gasteiger partial charge in [-0.05, 0) is 6.07 Å².